The lowest BCUT2D eigenvalue weighted by atomic mass is 10.0. The third-order valence-corrected chi connectivity index (χ3v) is 4.39. The van der Waals surface area contributed by atoms with Crippen LogP contribution in [0.2, 0.25) is 0 Å². The number of nitrogens with zero attached hydrogens (tertiary/aromatic N) is 1. The molecule has 0 fully saturated rings. The van der Waals surface area contributed by atoms with Crippen molar-refractivity contribution in [2.45, 2.75) is 13.0 Å². The molecule has 3 aromatic rings. The highest BCUT2D eigenvalue weighted by Crippen LogP contribution is 2.32. The first-order chi connectivity index (χ1) is 9.31. The van der Waals surface area contributed by atoms with Gasteiger partial charge in [0.15, 0.2) is 0 Å². The molecule has 3 nitrogen and oxygen atoms in total. The summed E-state index contributed by atoms with van der Waals surface area (Å²) in [5, 5.41) is 3.22. The van der Waals surface area contributed by atoms with Crippen LogP contribution >= 0.6 is 11.3 Å². The summed E-state index contributed by atoms with van der Waals surface area (Å²) < 4.78 is 0. The minimum Gasteiger partial charge on any atom is -0.271 e. The first-order valence-corrected chi connectivity index (χ1v) is 7.03. The lowest BCUT2D eigenvalue weighted by Gasteiger charge is -2.17. The molecule has 1 atom stereocenters. The van der Waals surface area contributed by atoms with Crippen molar-refractivity contribution in [1.29, 1.82) is 0 Å². The van der Waals surface area contributed by atoms with Crippen LogP contribution in [0.25, 0.3) is 10.9 Å². The standard InChI is InChI=1S/C15H15N3S/c1-10-7-9-19-15(10)14(18-16)12-6-2-4-11-5-3-8-17-13(11)12/h2-9,14,18H,16H2,1H3. The normalized spacial score (nSPS) is 12.7. The molecule has 19 heavy (non-hydrogen) atoms. The van der Waals surface area contributed by atoms with Gasteiger partial charge in [-0.2, -0.15) is 0 Å². The van der Waals surface area contributed by atoms with Gasteiger partial charge in [0.2, 0.25) is 0 Å². The number of aromatic nitrogens is 1. The monoisotopic (exact) mass is 269 g/mol. The van der Waals surface area contributed by atoms with Gasteiger partial charge in [-0.25, -0.2) is 5.43 Å². The molecule has 0 radical (unpaired) electrons. The molecule has 1 aromatic carbocycles. The third kappa shape index (κ3) is 2.14. The Morgan fingerprint density at radius 1 is 1.21 bits per heavy atom. The van der Waals surface area contributed by atoms with Gasteiger partial charge in [-0.05, 0) is 30.0 Å². The van der Waals surface area contributed by atoms with E-state index in [0.29, 0.717) is 0 Å². The molecule has 0 spiro atoms. The van der Waals surface area contributed by atoms with Gasteiger partial charge in [-0.1, -0.05) is 24.3 Å². The quantitative estimate of drug-likeness (QED) is 0.567. The van der Waals surface area contributed by atoms with Crippen molar-refractivity contribution in [2.75, 3.05) is 0 Å². The second-order valence-corrected chi connectivity index (χ2v) is 5.44. The number of hydrogen-bond donors (Lipinski definition) is 2. The number of nitrogens with one attached hydrogen (secondary N) is 1. The van der Waals surface area contributed by atoms with Crippen LogP contribution in [0.5, 0.6) is 0 Å². The Hall–Kier alpha value is -1.75. The molecule has 0 saturated heterocycles. The van der Waals surface area contributed by atoms with Crippen LogP contribution in [0.3, 0.4) is 0 Å². The average molecular weight is 269 g/mol. The van der Waals surface area contributed by atoms with E-state index in [9.17, 15) is 0 Å². The number of aryl methyl sites for hydroxylation is 1. The Labute approximate surface area is 116 Å². The minimum absolute atomic E-state index is 0.0152. The molecule has 0 aliphatic heterocycles. The van der Waals surface area contributed by atoms with Crippen LogP contribution in [-0.2, 0) is 0 Å². The minimum atomic E-state index is -0.0152. The van der Waals surface area contributed by atoms with Crippen LogP contribution in [0.1, 0.15) is 22.0 Å². The second kappa shape index (κ2) is 5.09. The van der Waals surface area contributed by atoms with Crippen LogP contribution < -0.4 is 11.3 Å². The zero-order valence-corrected chi connectivity index (χ0v) is 11.4. The maximum atomic E-state index is 5.78. The highest BCUT2D eigenvalue weighted by molar-refractivity contribution is 7.10. The molecule has 0 saturated carbocycles. The van der Waals surface area contributed by atoms with Crippen molar-refractivity contribution >= 4 is 22.2 Å². The summed E-state index contributed by atoms with van der Waals surface area (Å²) in [4.78, 5) is 5.74. The summed E-state index contributed by atoms with van der Waals surface area (Å²) in [7, 11) is 0. The zero-order valence-electron chi connectivity index (χ0n) is 10.6. The molecular formula is C15H15N3S. The second-order valence-electron chi connectivity index (χ2n) is 4.49. The van der Waals surface area contributed by atoms with Gasteiger partial charge in [0, 0.05) is 22.0 Å². The molecule has 0 amide bonds. The number of thiophene rings is 1. The maximum Gasteiger partial charge on any atom is 0.0826 e. The van der Waals surface area contributed by atoms with Crippen molar-refractivity contribution in [3.8, 4) is 0 Å². The molecule has 0 bridgehead atoms. The van der Waals surface area contributed by atoms with E-state index in [-0.39, 0.29) is 6.04 Å². The molecule has 2 heterocycles. The predicted octanol–water partition coefficient (Wildman–Crippen LogP) is 3.16. The Morgan fingerprint density at radius 2 is 2.05 bits per heavy atom. The Bertz CT molecular complexity index is 700. The summed E-state index contributed by atoms with van der Waals surface area (Å²) in [6, 6.07) is 12.3. The number of fused-ring (bicyclic) bond motifs is 1. The molecule has 0 aliphatic carbocycles. The van der Waals surface area contributed by atoms with E-state index in [1.165, 1.54) is 10.4 Å². The van der Waals surface area contributed by atoms with Crippen molar-refractivity contribution in [3.05, 3.63) is 64.0 Å². The third-order valence-electron chi connectivity index (χ3n) is 3.31. The van der Waals surface area contributed by atoms with E-state index in [2.05, 4.69) is 47.0 Å². The Kier molecular flexibility index (Phi) is 3.29. The molecule has 96 valence electrons. The Balaban J connectivity index is 2.20. The van der Waals surface area contributed by atoms with Gasteiger partial charge >= 0.3 is 0 Å². The molecule has 1 unspecified atom stereocenters. The number of pyridine rings is 1. The van der Waals surface area contributed by atoms with Crippen molar-refractivity contribution in [1.82, 2.24) is 10.4 Å². The number of benzene rings is 1. The topological polar surface area (TPSA) is 50.9 Å². The van der Waals surface area contributed by atoms with Crippen LogP contribution in [0.4, 0.5) is 0 Å². The number of rotatable bonds is 3. The predicted molar refractivity (Wildman–Crippen MR) is 80.0 cm³/mol. The smallest absolute Gasteiger partial charge is 0.0826 e. The average Bonchev–Trinajstić information content (AvgIpc) is 2.86. The van der Waals surface area contributed by atoms with E-state index in [0.717, 1.165) is 16.5 Å². The molecular weight excluding hydrogens is 254 g/mol. The van der Waals surface area contributed by atoms with E-state index in [1.807, 2.05) is 18.3 Å². The summed E-state index contributed by atoms with van der Waals surface area (Å²) in [6.45, 7) is 2.11. The summed E-state index contributed by atoms with van der Waals surface area (Å²) >= 11 is 1.72. The van der Waals surface area contributed by atoms with Gasteiger partial charge in [0.25, 0.3) is 0 Å². The first-order valence-electron chi connectivity index (χ1n) is 6.15. The Morgan fingerprint density at radius 3 is 2.79 bits per heavy atom. The van der Waals surface area contributed by atoms with Crippen molar-refractivity contribution in [3.63, 3.8) is 0 Å². The summed E-state index contributed by atoms with van der Waals surface area (Å²) in [5.74, 6) is 5.78. The fraction of sp³-hybridized carbons (Fsp3) is 0.133. The van der Waals surface area contributed by atoms with Gasteiger partial charge in [-0.3, -0.25) is 10.8 Å². The SMILES string of the molecule is Cc1ccsc1C(NN)c1cccc2cccnc12. The first kappa shape index (κ1) is 12.3. The van der Waals surface area contributed by atoms with E-state index >= 15 is 0 Å². The van der Waals surface area contributed by atoms with Crippen LogP contribution in [0.15, 0.2) is 48.0 Å². The molecule has 4 heteroatoms. The van der Waals surface area contributed by atoms with Crippen LogP contribution in [-0.4, -0.2) is 4.98 Å². The molecule has 3 rings (SSSR count). The van der Waals surface area contributed by atoms with E-state index in [4.69, 9.17) is 5.84 Å². The fourth-order valence-corrected chi connectivity index (χ4v) is 3.35. The van der Waals surface area contributed by atoms with Crippen molar-refractivity contribution in [2.24, 2.45) is 5.84 Å². The van der Waals surface area contributed by atoms with Crippen molar-refractivity contribution < 1.29 is 0 Å². The molecule has 2 aromatic heterocycles. The summed E-state index contributed by atoms with van der Waals surface area (Å²) in [6.07, 6.45) is 1.82. The highest BCUT2D eigenvalue weighted by atomic mass is 32.1. The van der Waals surface area contributed by atoms with Crippen LogP contribution in [0, 0.1) is 6.92 Å². The van der Waals surface area contributed by atoms with E-state index in [1.54, 1.807) is 11.3 Å². The summed E-state index contributed by atoms with van der Waals surface area (Å²) in [5.41, 5.74) is 6.29. The lowest BCUT2D eigenvalue weighted by Crippen LogP contribution is -2.28. The number of hydrogen-bond acceptors (Lipinski definition) is 4. The fourth-order valence-electron chi connectivity index (χ4n) is 2.35. The van der Waals surface area contributed by atoms with Gasteiger partial charge in [-0.15, -0.1) is 11.3 Å². The highest BCUT2D eigenvalue weighted by Gasteiger charge is 2.18. The number of para-hydroxylation sites is 1. The number of hydrazine groups is 1. The zero-order chi connectivity index (χ0) is 13.2. The molecule has 0 aliphatic rings. The maximum absolute atomic E-state index is 5.78. The van der Waals surface area contributed by atoms with Gasteiger partial charge in [0.05, 0.1) is 11.6 Å². The lowest BCUT2D eigenvalue weighted by molar-refractivity contribution is 0.647. The van der Waals surface area contributed by atoms with Gasteiger partial charge < -0.3 is 0 Å². The number of nitrogens with two attached hydrogens (primary N) is 1. The van der Waals surface area contributed by atoms with E-state index < -0.39 is 0 Å². The van der Waals surface area contributed by atoms with Gasteiger partial charge in [0.1, 0.15) is 0 Å². The largest absolute Gasteiger partial charge is 0.271 e. The molecule has 3 N–H and O–H groups in total.